The quantitative estimate of drug-likeness (QED) is 0.570. The second kappa shape index (κ2) is 5.76. The van der Waals surface area contributed by atoms with E-state index < -0.39 is 0 Å². The molecule has 2 aromatic rings. The summed E-state index contributed by atoms with van der Waals surface area (Å²) in [5.41, 5.74) is 4.63. The third kappa shape index (κ3) is 2.54. The van der Waals surface area contributed by atoms with Crippen LogP contribution in [0.15, 0.2) is 30.3 Å². The molecule has 0 amide bonds. The molecule has 21 heavy (non-hydrogen) atoms. The lowest BCUT2D eigenvalue weighted by molar-refractivity contribution is 0.339. The van der Waals surface area contributed by atoms with Crippen molar-refractivity contribution >= 4 is 26.7 Å². The Kier molecular flexibility index (Phi) is 3.79. The van der Waals surface area contributed by atoms with E-state index in [1.807, 2.05) is 0 Å². The molecule has 1 unspecified atom stereocenters. The topological polar surface area (TPSA) is 0 Å². The number of alkyl halides is 1. The van der Waals surface area contributed by atoms with E-state index in [0.717, 1.165) is 5.92 Å². The first kappa shape index (κ1) is 13.8. The fourth-order valence-corrected chi connectivity index (χ4v) is 5.31. The SMILES string of the molecule is BrC(CC1CCCCC1)c1ccc2c3c(cccc13)CC2. The molecule has 2 aromatic carbocycles. The summed E-state index contributed by atoms with van der Waals surface area (Å²) in [5, 5.41) is 3.06. The van der Waals surface area contributed by atoms with Crippen molar-refractivity contribution in [3.63, 3.8) is 0 Å². The molecule has 0 nitrogen and oxygen atoms in total. The molecule has 1 fully saturated rings. The van der Waals surface area contributed by atoms with Gasteiger partial charge in [0.05, 0.1) is 0 Å². The number of rotatable bonds is 3. The number of hydrogen-bond acceptors (Lipinski definition) is 0. The van der Waals surface area contributed by atoms with E-state index >= 15 is 0 Å². The third-order valence-electron chi connectivity index (χ3n) is 5.51. The van der Waals surface area contributed by atoms with Crippen molar-refractivity contribution < 1.29 is 0 Å². The van der Waals surface area contributed by atoms with Gasteiger partial charge in [-0.25, -0.2) is 0 Å². The van der Waals surface area contributed by atoms with Gasteiger partial charge in [0, 0.05) is 4.83 Å². The van der Waals surface area contributed by atoms with Gasteiger partial charge < -0.3 is 0 Å². The van der Waals surface area contributed by atoms with Crippen LogP contribution in [0.3, 0.4) is 0 Å². The maximum absolute atomic E-state index is 4.01. The van der Waals surface area contributed by atoms with Crippen LogP contribution >= 0.6 is 15.9 Å². The normalized spacial score (nSPS) is 20.0. The van der Waals surface area contributed by atoms with E-state index in [1.54, 1.807) is 16.5 Å². The van der Waals surface area contributed by atoms with Gasteiger partial charge in [-0.2, -0.15) is 0 Å². The number of hydrogen-bond donors (Lipinski definition) is 0. The minimum absolute atomic E-state index is 0.519. The first-order chi connectivity index (χ1) is 10.3. The van der Waals surface area contributed by atoms with Gasteiger partial charge >= 0.3 is 0 Å². The second-order valence-corrected chi connectivity index (χ2v) is 7.97. The molecule has 1 heteroatoms. The first-order valence-corrected chi connectivity index (χ1v) is 9.42. The number of benzene rings is 2. The summed E-state index contributed by atoms with van der Waals surface area (Å²) < 4.78 is 0. The van der Waals surface area contributed by atoms with E-state index in [2.05, 4.69) is 46.3 Å². The highest BCUT2D eigenvalue weighted by Gasteiger charge is 2.22. The van der Waals surface area contributed by atoms with Crippen LogP contribution in [0, 0.1) is 5.92 Å². The Balaban J connectivity index is 1.67. The molecular formula is C20H23Br. The Morgan fingerprint density at radius 3 is 2.52 bits per heavy atom. The molecule has 1 saturated carbocycles. The summed E-state index contributed by atoms with van der Waals surface area (Å²) in [6.07, 6.45) is 11.0. The largest absolute Gasteiger partial charge is 0.0838 e. The molecule has 4 rings (SSSR count). The van der Waals surface area contributed by atoms with Crippen LogP contribution in [0.4, 0.5) is 0 Å². The standard InChI is InChI=1S/C20H23Br/c21-19(13-14-5-2-1-3-6-14)17-12-11-16-10-9-15-7-4-8-18(17)20(15)16/h4,7-8,11-12,14,19H,1-3,5-6,9-10,13H2. The van der Waals surface area contributed by atoms with Crippen molar-refractivity contribution in [1.29, 1.82) is 0 Å². The predicted octanol–water partition coefficient (Wildman–Crippen LogP) is 6.34. The lowest BCUT2D eigenvalue weighted by Gasteiger charge is -2.24. The molecular weight excluding hydrogens is 320 g/mol. The zero-order chi connectivity index (χ0) is 14.2. The minimum Gasteiger partial charge on any atom is -0.0838 e. The fraction of sp³-hybridized carbons (Fsp3) is 0.500. The average Bonchev–Trinajstić information content (AvgIpc) is 2.94. The van der Waals surface area contributed by atoms with E-state index in [0.29, 0.717) is 4.83 Å². The Morgan fingerprint density at radius 1 is 0.952 bits per heavy atom. The summed E-state index contributed by atoms with van der Waals surface area (Å²) in [6, 6.07) is 11.7. The summed E-state index contributed by atoms with van der Waals surface area (Å²) >= 11 is 4.01. The van der Waals surface area contributed by atoms with Crippen LogP contribution in [0.2, 0.25) is 0 Å². The Bertz CT molecular complexity index is 642. The third-order valence-corrected chi connectivity index (χ3v) is 6.38. The van der Waals surface area contributed by atoms with Crippen LogP contribution in [0.1, 0.15) is 60.0 Å². The molecule has 110 valence electrons. The Labute approximate surface area is 136 Å². The van der Waals surface area contributed by atoms with Crippen molar-refractivity contribution in [3.8, 4) is 0 Å². The number of aryl methyl sites for hydroxylation is 2. The maximum atomic E-state index is 4.01. The fourth-order valence-electron chi connectivity index (χ4n) is 4.38. The van der Waals surface area contributed by atoms with Crippen LogP contribution in [0.25, 0.3) is 10.8 Å². The van der Waals surface area contributed by atoms with Gasteiger partial charge in [0.15, 0.2) is 0 Å². The van der Waals surface area contributed by atoms with Crippen LogP contribution in [-0.2, 0) is 12.8 Å². The molecule has 0 aliphatic heterocycles. The molecule has 0 heterocycles. The summed E-state index contributed by atoms with van der Waals surface area (Å²) in [4.78, 5) is 0.519. The molecule has 0 radical (unpaired) electrons. The predicted molar refractivity (Wildman–Crippen MR) is 94.2 cm³/mol. The van der Waals surface area contributed by atoms with Crippen LogP contribution < -0.4 is 0 Å². The molecule has 0 saturated heterocycles. The van der Waals surface area contributed by atoms with E-state index in [4.69, 9.17) is 0 Å². The zero-order valence-electron chi connectivity index (χ0n) is 12.6. The highest BCUT2D eigenvalue weighted by Crippen LogP contribution is 2.41. The second-order valence-electron chi connectivity index (χ2n) is 6.86. The lowest BCUT2D eigenvalue weighted by atomic mass is 9.84. The smallest absolute Gasteiger partial charge is 0.0404 e. The van der Waals surface area contributed by atoms with Gasteiger partial charge in [0.2, 0.25) is 0 Å². The van der Waals surface area contributed by atoms with E-state index in [1.165, 1.54) is 62.3 Å². The van der Waals surface area contributed by atoms with Crippen molar-refractivity contribution in [2.45, 2.75) is 56.2 Å². The first-order valence-electron chi connectivity index (χ1n) is 8.50. The van der Waals surface area contributed by atoms with Crippen molar-refractivity contribution in [2.24, 2.45) is 5.92 Å². The zero-order valence-corrected chi connectivity index (χ0v) is 14.2. The van der Waals surface area contributed by atoms with Gasteiger partial charge in [-0.05, 0) is 52.6 Å². The Hall–Kier alpha value is -0.820. The highest BCUT2D eigenvalue weighted by molar-refractivity contribution is 9.09. The summed E-state index contributed by atoms with van der Waals surface area (Å²) in [6.45, 7) is 0. The van der Waals surface area contributed by atoms with Gasteiger partial charge in [-0.1, -0.05) is 78.4 Å². The summed E-state index contributed by atoms with van der Waals surface area (Å²) in [5.74, 6) is 0.922. The van der Waals surface area contributed by atoms with Gasteiger partial charge in [0.25, 0.3) is 0 Å². The van der Waals surface area contributed by atoms with Gasteiger partial charge in [-0.15, -0.1) is 0 Å². The van der Waals surface area contributed by atoms with E-state index in [-0.39, 0.29) is 0 Å². The van der Waals surface area contributed by atoms with Crippen LogP contribution in [-0.4, -0.2) is 0 Å². The average molecular weight is 343 g/mol. The highest BCUT2D eigenvalue weighted by atomic mass is 79.9. The molecule has 0 spiro atoms. The van der Waals surface area contributed by atoms with E-state index in [9.17, 15) is 0 Å². The minimum atomic E-state index is 0.519. The molecule has 0 aromatic heterocycles. The van der Waals surface area contributed by atoms with Crippen LogP contribution in [0.5, 0.6) is 0 Å². The molecule has 0 N–H and O–H groups in total. The monoisotopic (exact) mass is 342 g/mol. The molecule has 2 aliphatic rings. The lowest BCUT2D eigenvalue weighted by Crippen LogP contribution is -2.08. The maximum Gasteiger partial charge on any atom is 0.0404 e. The van der Waals surface area contributed by atoms with Gasteiger partial charge in [-0.3, -0.25) is 0 Å². The van der Waals surface area contributed by atoms with Gasteiger partial charge in [0.1, 0.15) is 0 Å². The molecule has 2 aliphatic carbocycles. The van der Waals surface area contributed by atoms with Crippen molar-refractivity contribution in [2.75, 3.05) is 0 Å². The van der Waals surface area contributed by atoms with Crippen molar-refractivity contribution in [3.05, 3.63) is 47.0 Å². The Morgan fingerprint density at radius 2 is 1.71 bits per heavy atom. The summed E-state index contributed by atoms with van der Waals surface area (Å²) in [7, 11) is 0. The molecule has 0 bridgehead atoms. The molecule has 1 atom stereocenters. The number of halogens is 1. The van der Waals surface area contributed by atoms with Crippen molar-refractivity contribution in [1.82, 2.24) is 0 Å².